The van der Waals surface area contributed by atoms with Crippen LogP contribution >= 0.6 is 23.1 Å². The van der Waals surface area contributed by atoms with Gasteiger partial charge < -0.3 is 4.98 Å². The predicted molar refractivity (Wildman–Crippen MR) is 170 cm³/mol. The molecule has 4 heterocycles. The van der Waals surface area contributed by atoms with Crippen molar-refractivity contribution in [3.63, 3.8) is 0 Å². The van der Waals surface area contributed by atoms with E-state index >= 15 is 0 Å². The van der Waals surface area contributed by atoms with E-state index in [4.69, 9.17) is 5.41 Å². The summed E-state index contributed by atoms with van der Waals surface area (Å²) in [6, 6.07) is 32.1. The molecule has 0 spiro atoms. The summed E-state index contributed by atoms with van der Waals surface area (Å²) in [6.45, 7) is 0. The molecule has 1 saturated heterocycles. The molecule has 0 saturated carbocycles. The minimum Gasteiger partial charge on any atom is -0.362 e. The fourth-order valence-electron chi connectivity index (χ4n) is 5.01. The number of carbonyl (C=O) groups is 2. The van der Waals surface area contributed by atoms with Crippen LogP contribution in [0.5, 0.6) is 0 Å². The Morgan fingerprint density at radius 1 is 0.833 bits per heavy atom. The van der Waals surface area contributed by atoms with E-state index < -0.39 is 0 Å². The van der Waals surface area contributed by atoms with Gasteiger partial charge in [0.15, 0.2) is 5.17 Å². The van der Waals surface area contributed by atoms with Crippen LogP contribution in [0.15, 0.2) is 114 Å². The van der Waals surface area contributed by atoms with E-state index in [1.807, 2.05) is 78.9 Å². The summed E-state index contributed by atoms with van der Waals surface area (Å²) in [4.78, 5) is 33.8. The molecule has 0 bridgehead atoms. The Hall–Kier alpha value is -5.12. The molecule has 3 aromatic heterocycles. The summed E-state index contributed by atoms with van der Waals surface area (Å²) >= 11 is 2.25. The number of carbonyl (C=O) groups excluding carboxylic acids is 2. The van der Waals surface area contributed by atoms with Crippen molar-refractivity contribution in [1.29, 1.82) is 5.41 Å². The third-order valence-corrected chi connectivity index (χ3v) is 8.85. The molecule has 1 amide bonds. The van der Waals surface area contributed by atoms with Gasteiger partial charge in [-0.1, -0.05) is 91.0 Å². The lowest BCUT2D eigenvalue weighted by atomic mass is 9.95. The number of aromatic amines is 1. The minimum atomic E-state index is -0.376. The monoisotopic (exact) mass is 583 g/mol. The van der Waals surface area contributed by atoms with Crippen molar-refractivity contribution in [3.05, 3.63) is 130 Å². The first-order valence-corrected chi connectivity index (χ1v) is 14.7. The molecular weight excluding hydrogens is 563 g/mol. The lowest BCUT2D eigenvalue weighted by molar-refractivity contribution is -0.113. The maximum atomic E-state index is 14.1. The summed E-state index contributed by atoms with van der Waals surface area (Å²) < 4.78 is 0. The number of fused-ring (bicyclic) bond motifs is 1. The van der Waals surface area contributed by atoms with E-state index in [9.17, 15) is 9.59 Å². The summed E-state index contributed by atoms with van der Waals surface area (Å²) in [6.07, 6.45) is 3.50. The van der Waals surface area contributed by atoms with E-state index in [0.717, 1.165) is 34.1 Å². The van der Waals surface area contributed by atoms with Gasteiger partial charge in [-0.2, -0.15) is 0 Å². The SMILES string of the molecule is N=C1S/C(=C/c2ccc[nH]2)C(=O)N1c1c(C(=O)c2ccccc2)sc2nnc(-c3ccccc3)c(-c3ccccc3)c12. The third kappa shape index (κ3) is 4.45. The van der Waals surface area contributed by atoms with Crippen LogP contribution in [-0.2, 0) is 4.79 Å². The van der Waals surface area contributed by atoms with Crippen LogP contribution < -0.4 is 4.90 Å². The van der Waals surface area contributed by atoms with E-state index in [2.05, 4.69) is 15.2 Å². The number of hydrogen-bond acceptors (Lipinski definition) is 7. The average molecular weight is 584 g/mol. The highest BCUT2D eigenvalue weighted by Gasteiger charge is 2.39. The van der Waals surface area contributed by atoms with E-state index in [1.165, 1.54) is 16.2 Å². The molecule has 7 nitrogen and oxygen atoms in total. The fourth-order valence-corrected chi connectivity index (χ4v) is 6.92. The van der Waals surface area contributed by atoms with Crippen LogP contribution in [0.2, 0.25) is 0 Å². The number of benzene rings is 3. The number of ketones is 1. The zero-order valence-electron chi connectivity index (χ0n) is 21.9. The van der Waals surface area contributed by atoms with Gasteiger partial charge in [-0.3, -0.25) is 19.9 Å². The third-order valence-electron chi connectivity index (χ3n) is 6.90. The number of anilines is 1. The minimum absolute atomic E-state index is 0.0108. The number of hydrogen-bond donors (Lipinski definition) is 2. The van der Waals surface area contributed by atoms with Gasteiger partial charge in [0.25, 0.3) is 5.91 Å². The molecule has 1 fully saturated rings. The molecule has 6 aromatic rings. The molecule has 0 unspecified atom stereocenters. The zero-order chi connectivity index (χ0) is 28.6. The van der Waals surface area contributed by atoms with Gasteiger partial charge in [0, 0.05) is 34.0 Å². The van der Waals surface area contributed by atoms with Crippen LogP contribution in [0.25, 0.3) is 38.7 Å². The highest BCUT2D eigenvalue weighted by Crippen LogP contribution is 2.49. The van der Waals surface area contributed by atoms with Crippen molar-refractivity contribution in [2.75, 3.05) is 4.90 Å². The Balaban J connectivity index is 1.55. The number of H-pyrrole nitrogens is 1. The van der Waals surface area contributed by atoms with Crippen molar-refractivity contribution in [2.45, 2.75) is 0 Å². The Bertz CT molecular complexity index is 2000. The molecule has 9 heteroatoms. The van der Waals surface area contributed by atoms with E-state index in [-0.39, 0.29) is 16.9 Å². The number of nitrogens with zero attached hydrogens (tertiary/aromatic N) is 3. The lowest BCUT2D eigenvalue weighted by Crippen LogP contribution is -2.29. The Kier molecular flexibility index (Phi) is 6.58. The molecule has 2 N–H and O–H groups in total. The molecule has 202 valence electrons. The molecule has 1 aliphatic heterocycles. The Morgan fingerprint density at radius 3 is 2.17 bits per heavy atom. The number of amides is 1. The number of thioether (sulfide) groups is 1. The quantitative estimate of drug-likeness (QED) is 0.155. The first-order chi connectivity index (χ1) is 20.6. The summed E-state index contributed by atoms with van der Waals surface area (Å²) in [7, 11) is 0. The maximum absolute atomic E-state index is 14.1. The van der Waals surface area contributed by atoms with Gasteiger partial charge in [0.05, 0.1) is 10.6 Å². The number of aromatic nitrogens is 3. The van der Waals surface area contributed by atoms with Crippen molar-refractivity contribution < 1.29 is 9.59 Å². The standard InChI is InChI=1S/C33H21N5O2S2/c34-33-38(32(40)24(41-33)19-23-17-10-18-35-23)28-26-25(20-11-4-1-5-12-20)27(21-13-6-2-7-14-21)36-37-31(26)42-30(28)29(39)22-15-8-3-9-16-22/h1-19,34-35H/b24-19+,34-33?. The lowest BCUT2D eigenvalue weighted by Gasteiger charge is -2.18. The van der Waals surface area contributed by atoms with Gasteiger partial charge in [0.2, 0.25) is 5.78 Å². The van der Waals surface area contributed by atoms with Crippen molar-refractivity contribution in [1.82, 2.24) is 15.2 Å². The highest BCUT2D eigenvalue weighted by atomic mass is 32.2. The average Bonchev–Trinajstić information content (AvgIpc) is 3.75. The van der Waals surface area contributed by atoms with Crippen LogP contribution in [0, 0.1) is 5.41 Å². The predicted octanol–water partition coefficient (Wildman–Crippen LogP) is 7.64. The summed E-state index contributed by atoms with van der Waals surface area (Å²) in [5.41, 5.74) is 4.67. The normalized spacial score (nSPS) is 14.3. The number of rotatable bonds is 6. The fraction of sp³-hybridized carbons (Fsp3) is 0. The molecule has 0 atom stereocenters. The van der Waals surface area contributed by atoms with Crippen LogP contribution in [-0.4, -0.2) is 32.0 Å². The number of thiophene rings is 1. The smallest absolute Gasteiger partial charge is 0.271 e. The summed E-state index contributed by atoms with van der Waals surface area (Å²) in [5, 5.41) is 18.8. The maximum Gasteiger partial charge on any atom is 0.271 e. The van der Waals surface area contributed by atoms with E-state index in [0.29, 0.717) is 36.9 Å². The number of nitrogens with one attached hydrogen (secondary N) is 2. The molecule has 7 rings (SSSR count). The van der Waals surface area contributed by atoms with Crippen LogP contribution in [0.3, 0.4) is 0 Å². The van der Waals surface area contributed by atoms with Gasteiger partial charge in [0.1, 0.15) is 15.4 Å². The van der Waals surface area contributed by atoms with Crippen molar-refractivity contribution in [3.8, 4) is 22.4 Å². The molecule has 0 radical (unpaired) electrons. The summed E-state index contributed by atoms with van der Waals surface area (Å²) in [5.74, 6) is -0.625. The van der Waals surface area contributed by atoms with Gasteiger partial charge >= 0.3 is 0 Å². The first kappa shape index (κ1) is 25.8. The van der Waals surface area contributed by atoms with E-state index in [1.54, 1.807) is 36.5 Å². The molecular formula is C33H21N5O2S2. The number of amidine groups is 1. The van der Waals surface area contributed by atoms with Crippen LogP contribution in [0.4, 0.5) is 5.69 Å². The van der Waals surface area contributed by atoms with Gasteiger partial charge in [-0.05, 0) is 35.5 Å². The largest absolute Gasteiger partial charge is 0.362 e. The second-order valence-corrected chi connectivity index (χ2v) is 11.5. The zero-order valence-corrected chi connectivity index (χ0v) is 23.6. The first-order valence-electron chi connectivity index (χ1n) is 13.1. The molecule has 42 heavy (non-hydrogen) atoms. The Morgan fingerprint density at radius 2 is 1.50 bits per heavy atom. The molecule has 0 aliphatic carbocycles. The van der Waals surface area contributed by atoms with Crippen LogP contribution in [0.1, 0.15) is 20.9 Å². The molecule has 3 aromatic carbocycles. The van der Waals surface area contributed by atoms with Crippen molar-refractivity contribution in [2.24, 2.45) is 0 Å². The second-order valence-electron chi connectivity index (χ2n) is 9.49. The Labute approximate surface area is 249 Å². The van der Waals surface area contributed by atoms with Gasteiger partial charge in [-0.15, -0.1) is 21.5 Å². The topological polar surface area (TPSA) is 103 Å². The highest BCUT2D eigenvalue weighted by molar-refractivity contribution is 8.19. The van der Waals surface area contributed by atoms with Crippen molar-refractivity contribution >= 4 is 61.9 Å². The molecule has 1 aliphatic rings. The van der Waals surface area contributed by atoms with Gasteiger partial charge in [-0.25, -0.2) is 0 Å². The second kappa shape index (κ2) is 10.7.